The number of imide groups is 1. The maximum absolute atomic E-state index is 13.0. The highest BCUT2D eigenvalue weighted by Gasteiger charge is 2.44. The molecule has 2 aliphatic heterocycles. The fourth-order valence-electron chi connectivity index (χ4n) is 3.49. The number of carbonyl (C=O) groups is 3. The van der Waals surface area contributed by atoms with Crippen molar-refractivity contribution in [2.75, 3.05) is 44.2 Å². The summed E-state index contributed by atoms with van der Waals surface area (Å²) >= 11 is 0. The van der Waals surface area contributed by atoms with Crippen LogP contribution in [0, 0.1) is 5.82 Å². The Morgan fingerprint density at radius 2 is 1.69 bits per heavy atom. The molecule has 3 fully saturated rings. The van der Waals surface area contributed by atoms with Gasteiger partial charge in [-0.25, -0.2) is 9.18 Å². The SMILES string of the molecule is O=C(CN1C(=O)CN(C2CC2)C1=O)N1CCN(c2ccc(F)cc2)CC1. The maximum atomic E-state index is 13.0. The Bertz CT molecular complexity index is 726. The summed E-state index contributed by atoms with van der Waals surface area (Å²) < 4.78 is 13.0. The average Bonchev–Trinajstić information content (AvgIpc) is 3.45. The first kappa shape index (κ1) is 16.8. The van der Waals surface area contributed by atoms with Crippen molar-refractivity contribution in [1.29, 1.82) is 0 Å². The standard InChI is InChI=1S/C18H21FN4O3/c19-13-1-3-14(4-2-13)20-7-9-21(10-8-20)16(24)11-23-17(25)12-22(18(23)26)15-5-6-15/h1-4,15H,5-12H2. The molecule has 2 heterocycles. The highest BCUT2D eigenvalue weighted by molar-refractivity contribution is 6.04. The van der Waals surface area contributed by atoms with Gasteiger partial charge in [-0.3, -0.25) is 14.5 Å². The molecule has 7 nitrogen and oxygen atoms in total. The predicted molar refractivity (Wildman–Crippen MR) is 92.0 cm³/mol. The lowest BCUT2D eigenvalue weighted by Gasteiger charge is -2.36. The van der Waals surface area contributed by atoms with E-state index in [4.69, 9.17) is 0 Å². The van der Waals surface area contributed by atoms with Gasteiger partial charge in [-0.1, -0.05) is 0 Å². The topological polar surface area (TPSA) is 64.2 Å². The first-order chi connectivity index (χ1) is 12.5. The van der Waals surface area contributed by atoms with E-state index in [9.17, 15) is 18.8 Å². The molecule has 4 amide bonds. The van der Waals surface area contributed by atoms with Gasteiger partial charge in [-0.2, -0.15) is 0 Å². The van der Waals surface area contributed by atoms with Crippen LogP contribution in [0.25, 0.3) is 0 Å². The van der Waals surface area contributed by atoms with Gasteiger partial charge in [0.15, 0.2) is 0 Å². The average molecular weight is 360 g/mol. The zero-order valence-corrected chi connectivity index (χ0v) is 14.4. The lowest BCUT2D eigenvalue weighted by Crippen LogP contribution is -2.52. The van der Waals surface area contributed by atoms with Gasteiger partial charge < -0.3 is 14.7 Å². The van der Waals surface area contributed by atoms with Gasteiger partial charge in [0.05, 0.1) is 0 Å². The van der Waals surface area contributed by atoms with Crippen molar-refractivity contribution >= 4 is 23.5 Å². The molecular formula is C18H21FN4O3. The Morgan fingerprint density at radius 1 is 1.04 bits per heavy atom. The molecule has 2 saturated heterocycles. The molecule has 8 heteroatoms. The van der Waals surface area contributed by atoms with Crippen LogP contribution >= 0.6 is 0 Å². The lowest BCUT2D eigenvalue weighted by atomic mass is 10.2. The molecule has 1 aliphatic carbocycles. The first-order valence-corrected chi connectivity index (χ1v) is 8.92. The smallest absolute Gasteiger partial charge is 0.327 e. The molecule has 0 radical (unpaired) electrons. The van der Waals surface area contributed by atoms with Crippen molar-refractivity contribution in [2.45, 2.75) is 18.9 Å². The van der Waals surface area contributed by atoms with Crippen LogP contribution in [-0.4, -0.2) is 77.9 Å². The maximum Gasteiger partial charge on any atom is 0.327 e. The Hall–Kier alpha value is -2.64. The summed E-state index contributed by atoms with van der Waals surface area (Å²) in [5.41, 5.74) is 0.920. The Kier molecular flexibility index (Phi) is 4.26. The number of hydrogen-bond donors (Lipinski definition) is 0. The summed E-state index contributed by atoms with van der Waals surface area (Å²) in [7, 11) is 0. The zero-order valence-electron chi connectivity index (χ0n) is 14.4. The fourth-order valence-corrected chi connectivity index (χ4v) is 3.49. The van der Waals surface area contributed by atoms with Crippen LogP contribution in [0.4, 0.5) is 14.9 Å². The molecule has 3 aliphatic rings. The number of anilines is 1. The number of amides is 4. The second-order valence-electron chi connectivity index (χ2n) is 6.97. The molecular weight excluding hydrogens is 339 g/mol. The minimum atomic E-state index is -0.337. The molecule has 4 rings (SSSR count). The molecule has 26 heavy (non-hydrogen) atoms. The van der Waals surface area contributed by atoms with Crippen LogP contribution in [0.15, 0.2) is 24.3 Å². The van der Waals surface area contributed by atoms with Gasteiger partial charge >= 0.3 is 6.03 Å². The molecule has 0 N–H and O–H groups in total. The van der Waals surface area contributed by atoms with E-state index in [1.54, 1.807) is 21.9 Å². The molecule has 1 saturated carbocycles. The van der Waals surface area contributed by atoms with Gasteiger partial charge in [0.1, 0.15) is 18.9 Å². The lowest BCUT2D eigenvalue weighted by molar-refractivity contribution is -0.136. The second kappa shape index (κ2) is 6.59. The number of benzene rings is 1. The van der Waals surface area contributed by atoms with Crippen LogP contribution < -0.4 is 4.90 Å². The molecule has 1 aromatic carbocycles. The monoisotopic (exact) mass is 360 g/mol. The van der Waals surface area contributed by atoms with E-state index in [0.29, 0.717) is 26.2 Å². The fraction of sp³-hybridized carbons (Fsp3) is 0.500. The van der Waals surface area contributed by atoms with E-state index in [1.807, 2.05) is 0 Å². The minimum Gasteiger partial charge on any atom is -0.368 e. The van der Waals surface area contributed by atoms with Crippen molar-refractivity contribution in [1.82, 2.24) is 14.7 Å². The number of rotatable bonds is 4. The molecule has 138 valence electrons. The van der Waals surface area contributed by atoms with Crippen molar-refractivity contribution < 1.29 is 18.8 Å². The molecule has 1 aromatic rings. The molecule has 0 spiro atoms. The number of halogens is 1. The summed E-state index contributed by atoms with van der Waals surface area (Å²) in [6.45, 7) is 2.20. The molecule has 0 bridgehead atoms. The number of carbonyl (C=O) groups excluding carboxylic acids is 3. The highest BCUT2D eigenvalue weighted by Crippen LogP contribution is 2.30. The number of nitrogens with zero attached hydrogens (tertiary/aromatic N) is 4. The van der Waals surface area contributed by atoms with Crippen LogP contribution in [0.3, 0.4) is 0 Å². The van der Waals surface area contributed by atoms with Crippen LogP contribution in [-0.2, 0) is 9.59 Å². The van der Waals surface area contributed by atoms with Gasteiger partial charge in [0, 0.05) is 37.9 Å². The van der Waals surface area contributed by atoms with Gasteiger partial charge in [0.2, 0.25) is 5.91 Å². The van der Waals surface area contributed by atoms with Crippen LogP contribution in [0.5, 0.6) is 0 Å². The quantitative estimate of drug-likeness (QED) is 0.749. The van der Waals surface area contributed by atoms with Crippen LogP contribution in [0.1, 0.15) is 12.8 Å². The summed E-state index contributed by atoms with van der Waals surface area (Å²) in [5, 5.41) is 0. The Labute approximate surface area is 150 Å². The van der Waals surface area contributed by atoms with Crippen molar-refractivity contribution in [3.8, 4) is 0 Å². The van der Waals surface area contributed by atoms with E-state index in [1.165, 1.54) is 12.1 Å². The third kappa shape index (κ3) is 3.23. The molecule has 0 aromatic heterocycles. The molecule has 0 atom stereocenters. The van der Waals surface area contributed by atoms with Crippen molar-refractivity contribution in [3.63, 3.8) is 0 Å². The third-order valence-corrected chi connectivity index (χ3v) is 5.19. The van der Waals surface area contributed by atoms with Gasteiger partial charge in [-0.05, 0) is 37.1 Å². The number of piperazine rings is 1. The van der Waals surface area contributed by atoms with Gasteiger partial charge in [0.25, 0.3) is 5.91 Å². The predicted octanol–water partition coefficient (Wildman–Crippen LogP) is 0.901. The second-order valence-corrected chi connectivity index (χ2v) is 6.97. The Morgan fingerprint density at radius 3 is 2.31 bits per heavy atom. The van der Waals surface area contributed by atoms with Gasteiger partial charge in [-0.15, -0.1) is 0 Å². The summed E-state index contributed by atoms with van der Waals surface area (Å²) in [6.07, 6.45) is 1.87. The third-order valence-electron chi connectivity index (χ3n) is 5.19. The highest BCUT2D eigenvalue weighted by atomic mass is 19.1. The first-order valence-electron chi connectivity index (χ1n) is 8.92. The van der Waals surface area contributed by atoms with E-state index in [0.717, 1.165) is 23.4 Å². The number of hydrogen-bond acceptors (Lipinski definition) is 4. The van der Waals surface area contributed by atoms with E-state index < -0.39 is 0 Å². The number of urea groups is 1. The van der Waals surface area contributed by atoms with E-state index in [-0.39, 0.29) is 42.8 Å². The van der Waals surface area contributed by atoms with Crippen molar-refractivity contribution in [3.05, 3.63) is 30.1 Å². The zero-order chi connectivity index (χ0) is 18.3. The summed E-state index contributed by atoms with van der Waals surface area (Å²) in [6, 6.07) is 6.12. The largest absolute Gasteiger partial charge is 0.368 e. The Balaban J connectivity index is 1.31. The summed E-state index contributed by atoms with van der Waals surface area (Å²) in [5.74, 6) is -0.772. The van der Waals surface area contributed by atoms with Crippen LogP contribution in [0.2, 0.25) is 0 Å². The van der Waals surface area contributed by atoms with E-state index >= 15 is 0 Å². The minimum absolute atomic E-state index is 0.0924. The summed E-state index contributed by atoms with van der Waals surface area (Å²) in [4.78, 5) is 43.3. The van der Waals surface area contributed by atoms with Crippen molar-refractivity contribution in [2.24, 2.45) is 0 Å². The van der Waals surface area contributed by atoms with E-state index in [2.05, 4.69) is 4.90 Å². The normalized spacial score (nSPS) is 21.0. The molecule has 0 unspecified atom stereocenters.